The monoisotopic (exact) mass is 172 g/mol. The molecule has 0 aliphatic carbocycles. The number of thiol groups is 1. The van der Waals surface area contributed by atoms with Crippen LogP contribution in [0.15, 0.2) is 12.2 Å². The van der Waals surface area contributed by atoms with Crippen molar-refractivity contribution in [3.63, 3.8) is 0 Å². The van der Waals surface area contributed by atoms with Crippen molar-refractivity contribution >= 4 is 18.6 Å². The first-order valence-electron chi connectivity index (χ1n) is 3.73. The highest BCUT2D eigenvalue weighted by Crippen LogP contribution is 2.15. The molecule has 0 amide bonds. The lowest BCUT2D eigenvalue weighted by Crippen LogP contribution is -2.22. The van der Waals surface area contributed by atoms with Crippen molar-refractivity contribution in [2.24, 2.45) is 0 Å². The highest BCUT2D eigenvalue weighted by Gasteiger charge is 2.16. The fourth-order valence-corrected chi connectivity index (χ4v) is 1.33. The number of ether oxygens (including phenoxy) is 1. The minimum Gasteiger partial charge on any atom is -0.459 e. The lowest BCUT2D eigenvalue weighted by Gasteiger charge is -2.19. The van der Waals surface area contributed by atoms with Gasteiger partial charge in [0.15, 0.2) is 0 Å². The summed E-state index contributed by atoms with van der Waals surface area (Å²) in [7, 11) is 0. The summed E-state index contributed by atoms with van der Waals surface area (Å²) in [6, 6.07) is 0. The van der Waals surface area contributed by atoms with Crippen molar-refractivity contribution in [1.29, 1.82) is 0 Å². The summed E-state index contributed by atoms with van der Waals surface area (Å²) < 4.78 is 5.02. The summed E-state index contributed by atoms with van der Waals surface area (Å²) in [5, 5.41) is 0.291. The smallest absolute Gasteiger partial charge is 0.330 e. The third kappa shape index (κ3) is 2.97. The zero-order valence-electron chi connectivity index (χ0n) is 6.49. The fourth-order valence-electron chi connectivity index (χ4n) is 1.09. The molecule has 0 aromatic rings. The zero-order valence-corrected chi connectivity index (χ0v) is 7.38. The molecule has 62 valence electrons. The number of hydrogen-bond donors (Lipinski definition) is 1. The number of cyclic esters (lactones) is 1. The average Bonchev–Trinajstić information content (AvgIpc) is 1.85. The van der Waals surface area contributed by atoms with E-state index in [1.807, 2.05) is 13.0 Å². The van der Waals surface area contributed by atoms with Gasteiger partial charge in [-0.2, -0.15) is 12.6 Å². The minimum atomic E-state index is -0.227. The summed E-state index contributed by atoms with van der Waals surface area (Å²) in [6.07, 6.45) is 5.03. The van der Waals surface area contributed by atoms with E-state index < -0.39 is 0 Å². The molecule has 0 aromatic heterocycles. The molecule has 3 heteroatoms. The average molecular weight is 172 g/mol. The van der Waals surface area contributed by atoms with Gasteiger partial charge in [-0.3, -0.25) is 0 Å². The van der Waals surface area contributed by atoms with Gasteiger partial charge >= 0.3 is 5.97 Å². The third-order valence-corrected chi connectivity index (χ3v) is 1.75. The molecule has 0 bridgehead atoms. The van der Waals surface area contributed by atoms with E-state index in [-0.39, 0.29) is 12.1 Å². The van der Waals surface area contributed by atoms with Crippen molar-refractivity contribution in [3.8, 4) is 0 Å². The summed E-state index contributed by atoms with van der Waals surface area (Å²) in [5.41, 5.74) is 0. The van der Waals surface area contributed by atoms with Crippen LogP contribution in [0.4, 0.5) is 0 Å². The van der Waals surface area contributed by atoms with Crippen LogP contribution in [0.1, 0.15) is 19.8 Å². The predicted octanol–water partition coefficient (Wildman–Crippen LogP) is 1.57. The Balaban J connectivity index is 2.37. The van der Waals surface area contributed by atoms with Crippen LogP contribution in [-0.4, -0.2) is 17.3 Å². The normalized spacial score (nSPS) is 26.4. The van der Waals surface area contributed by atoms with E-state index in [4.69, 9.17) is 4.74 Å². The van der Waals surface area contributed by atoms with Gasteiger partial charge < -0.3 is 4.74 Å². The van der Waals surface area contributed by atoms with E-state index >= 15 is 0 Å². The van der Waals surface area contributed by atoms with Crippen molar-refractivity contribution in [2.45, 2.75) is 31.1 Å². The molecule has 0 spiro atoms. The van der Waals surface area contributed by atoms with Crippen LogP contribution in [0.5, 0.6) is 0 Å². The molecule has 1 aliphatic heterocycles. The maximum Gasteiger partial charge on any atom is 0.330 e. The Kier molecular flexibility index (Phi) is 3.00. The zero-order chi connectivity index (χ0) is 8.27. The van der Waals surface area contributed by atoms with E-state index in [9.17, 15) is 4.79 Å². The summed E-state index contributed by atoms with van der Waals surface area (Å²) in [5.74, 6) is -0.227. The number of rotatable bonds is 2. The van der Waals surface area contributed by atoms with Crippen LogP contribution in [0.3, 0.4) is 0 Å². The molecule has 0 saturated heterocycles. The molecule has 1 rings (SSSR count). The van der Waals surface area contributed by atoms with Crippen LogP contribution < -0.4 is 0 Å². The number of carbonyl (C=O) groups excluding carboxylic acids is 1. The first kappa shape index (κ1) is 8.65. The Morgan fingerprint density at radius 3 is 3.18 bits per heavy atom. The quantitative estimate of drug-likeness (QED) is 0.505. The second kappa shape index (κ2) is 3.81. The maximum absolute atomic E-state index is 10.7. The summed E-state index contributed by atoms with van der Waals surface area (Å²) in [4.78, 5) is 10.7. The van der Waals surface area contributed by atoms with E-state index in [2.05, 4.69) is 12.6 Å². The number of hydrogen-bond acceptors (Lipinski definition) is 3. The van der Waals surface area contributed by atoms with Crippen LogP contribution in [0.25, 0.3) is 0 Å². The fraction of sp³-hybridized carbons (Fsp3) is 0.625. The molecule has 0 radical (unpaired) electrons. The van der Waals surface area contributed by atoms with E-state index in [0.29, 0.717) is 5.25 Å². The van der Waals surface area contributed by atoms with Gasteiger partial charge in [0.25, 0.3) is 0 Å². The Hall–Kier alpha value is -0.440. The SMILES string of the molecule is CC(S)C[C@H]1CC=CC(=O)O1. The van der Waals surface area contributed by atoms with Gasteiger partial charge in [-0.25, -0.2) is 4.79 Å². The molecule has 1 unspecified atom stereocenters. The minimum absolute atomic E-state index is 0.0417. The topological polar surface area (TPSA) is 26.3 Å². The summed E-state index contributed by atoms with van der Waals surface area (Å²) >= 11 is 4.22. The molecular formula is C8H12O2S. The first-order chi connectivity index (χ1) is 5.18. The van der Waals surface area contributed by atoms with Gasteiger partial charge in [-0.15, -0.1) is 0 Å². The molecule has 11 heavy (non-hydrogen) atoms. The molecule has 2 nitrogen and oxygen atoms in total. The maximum atomic E-state index is 10.7. The number of carbonyl (C=O) groups is 1. The third-order valence-electron chi connectivity index (χ3n) is 1.54. The molecule has 0 N–H and O–H groups in total. The van der Waals surface area contributed by atoms with E-state index in [1.165, 1.54) is 6.08 Å². The highest BCUT2D eigenvalue weighted by atomic mass is 32.1. The van der Waals surface area contributed by atoms with Crippen molar-refractivity contribution in [3.05, 3.63) is 12.2 Å². The Labute approximate surface area is 72.0 Å². The molecule has 1 aliphatic rings. The van der Waals surface area contributed by atoms with Crippen molar-refractivity contribution in [2.75, 3.05) is 0 Å². The van der Waals surface area contributed by atoms with Crippen LogP contribution in [0, 0.1) is 0 Å². The lowest BCUT2D eigenvalue weighted by molar-refractivity contribution is -0.144. The second-order valence-electron chi connectivity index (χ2n) is 2.78. The number of esters is 1. The Bertz CT molecular complexity index is 175. The molecule has 0 saturated carbocycles. The molecular weight excluding hydrogens is 160 g/mol. The molecule has 0 fully saturated rings. The molecule has 0 aromatic carbocycles. The largest absolute Gasteiger partial charge is 0.459 e. The summed E-state index contributed by atoms with van der Waals surface area (Å²) in [6.45, 7) is 2.00. The van der Waals surface area contributed by atoms with Gasteiger partial charge in [0.05, 0.1) is 0 Å². The van der Waals surface area contributed by atoms with Crippen LogP contribution >= 0.6 is 12.6 Å². The standard InChI is InChI=1S/C8H12O2S/c1-6(11)5-7-3-2-4-8(9)10-7/h2,4,6-7,11H,3,5H2,1H3/t6?,7-/m1/s1. The van der Waals surface area contributed by atoms with Gasteiger partial charge in [-0.05, 0) is 6.42 Å². The van der Waals surface area contributed by atoms with Crippen LogP contribution in [0.2, 0.25) is 0 Å². The van der Waals surface area contributed by atoms with E-state index in [1.54, 1.807) is 0 Å². The predicted molar refractivity (Wildman–Crippen MR) is 46.7 cm³/mol. The van der Waals surface area contributed by atoms with E-state index in [0.717, 1.165) is 12.8 Å². The van der Waals surface area contributed by atoms with Crippen LogP contribution in [-0.2, 0) is 9.53 Å². The molecule has 1 heterocycles. The lowest BCUT2D eigenvalue weighted by atomic mass is 10.1. The highest BCUT2D eigenvalue weighted by molar-refractivity contribution is 7.80. The van der Waals surface area contributed by atoms with Crippen molar-refractivity contribution in [1.82, 2.24) is 0 Å². The van der Waals surface area contributed by atoms with Gasteiger partial charge in [0, 0.05) is 17.7 Å². The Morgan fingerprint density at radius 2 is 2.64 bits per heavy atom. The Morgan fingerprint density at radius 1 is 1.91 bits per heavy atom. The van der Waals surface area contributed by atoms with Gasteiger partial charge in [0.1, 0.15) is 6.10 Å². The second-order valence-corrected chi connectivity index (χ2v) is 3.66. The first-order valence-corrected chi connectivity index (χ1v) is 4.25. The van der Waals surface area contributed by atoms with Gasteiger partial charge in [-0.1, -0.05) is 13.0 Å². The van der Waals surface area contributed by atoms with Crippen molar-refractivity contribution < 1.29 is 9.53 Å². The molecule has 2 atom stereocenters. The van der Waals surface area contributed by atoms with Gasteiger partial charge in [0.2, 0.25) is 0 Å².